The molecule has 2 N–H and O–H groups in total. The number of hydrogen-bond acceptors (Lipinski definition) is 1. The monoisotopic (exact) mass is 156 g/mol. The maximum absolute atomic E-state index is 7.05. The van der Waals surface area contributed by atoms with E-state index in [1.54, 1.807) is 0 Å². The lowest BCUT2D eigenvalue weighted by Crippen LogP contribution is -2.30. The first-order valence-corrected chi connectivity index (χ1v) is 3.94. The van der Waals surface area contributed by atoms with Crippen LogP contribution < -0.4 is 5.32 Å². The van der Waals surface area contributed by atoms with Crippen molar-refractivity contribution in [1.29, 1.82) is 5.41 Å². The lowest BCUT2D eigenvalue weighted by atomic mass is 10.0. The van der Waals surface area contributed by atoms with Gasteiger partial charge < -0.3 is 5.32 Å². The van der Waals surface area contributed by atoms with Gasteiger partial charge >= 0.3 is 0 Å². The van der Waals surface area contributed by atoms with E-state index in [9.17, 15) is 0 Å². The van der Waals surface area contributed by atoms with Gasteiger partial charge in [0.15, 0.2) is 5.17 Å². The minimum Gasteiger partial charge on any atom is -0.359 e. The lowest BCUT2D eigenvalue weighted by molar-refractivity contribution is 0.603. The van der Waals surface area contributed by atoms with Crippen molar-refractivity contribution in [2.75, 3.05) is 0 Å². The second kappa shape index (κ2) is 3.66. The van der Waals surface area contributed by atoms with E-state index in [2.05, 4.69) is 30.1 Å². The van der Waals surface area contributed by atoms with Crippen molar-refractivity contribution in [3.8, 4) is 0 Å². The van der Waals surface area contributed by atoms with Crippen LogP contribution >= 0.6 is 12.6 Å². The van der Waals surface area contributed by atoms with E-state index in [0.717, 1.165) is 6.42 Å². The number of rotatable bonds is 1. The molecule has 0 heterocycles. The highest BCUT2D eigenvalue weighted by Gasteiger charge is 2.06. The summed E-state index contributed by atoms with van der Waals surface area (Å²) >= 11 is 3.85. The van der Waals surface area contributed by atoms with Gasteiger partial charge in [0.1, 0.15) is 0 Å². The van der Waals surface area contributed by atoms with Gasteiger partial charge in [-0.2, -0.15) is 0 Å². The van der Waals surface area contributed by atoms with E-state index in [-0.39, 0.29) is 5.17 Å². The molecule has 0 radical (unpaired) electrons. The van der Waals surface area contributed by atoms with Gasteiger partial charge in [-0.25, -0.2) is 0 Å². The number of thiol groups is 1. The second-order valence-corrected chi connectivity index (χ2v) is 2.91. The summed E-state index contributed by atoms with van der Waals surface area (Å²) in [6.07, 6.45) is 7.78. The molecule has 0 bridgehead atoms. The highest BCUT2D eigenvalue weighted by atomic mass is 32.1. The zero-order valence-corrected chi connectivity index (χ0v) is 6.70. The van der Waals surface area contributed by atoms with Gasteiger partial charge in [-0.1, -0.05) is 12.2 Å². The van der Waals surface area contributed by atoms with Crippen molar-refractivity contribution in [1.82, 2.24) is 5.32 Å². The molecule has 0 amide bonds. The predicted octanol–water partition coefficient (Wildman–Crippen LogP) is 1.55. The van der Waals surface area contributed by atoms with Crippen LogP contribution in [0.1, 0.15) is 19.3 Å². The zero-order valence-electron chi connectivity index (χ0n) is 5.80. The SMILES string of the molecule is N=C(S)N[C@H]1C=CCCC1. The molecule has 1 rings (SSSR count). The molecule has 1 aliphatic rings. The van der Waals surface area contributed by atoms with Gasteiger partial charge in [0.2, 0.25) is 0 Å². The first-order valence-electron chi connectivity index (χ1n) is 3.50. The number of amidine groups is 1. The molecule has 0 saturated carbocycles. The van der Waals surface area contributed by atoms with Crippen LogP contribution in [0, 0.1) is 5.41 Å². The Morgan fingerprint density at radius 2 is 2.50 bits per heavy atom. The summed E-state index contributed by atoms with van der Waals surface area (Å²) in [7, 11) is 0. The van der Waals surface area contributed by atoms with Crippen molar-refractivity contribution in [3.63, 3.8) is 0 Å². The standard InChI is InChI=1S/C7H12N2S/c8-7(10)9-6-4-2-1-3-5-6/h2,4,6H,1,3,5H2,(H3,8,9,10)/t6-/m0/s1. The fourth-order valence-electron chi connectivity index (χ4n) is 1.11. The Bertz CT molecular complexity index is 154. The van der Waals surface area contributed by atoms with Crippen molar-refractivity contribution in [2.45, 2.75) is 25.3 Å². The molecule has 0 aromatic rings. The smallest absolute Gasteiger partial charge is 0.151 e. The molecule has 56 valence electrons. The topological polar surface area (TPSA) is 35.9 Å². The molecule has 0 aromatic heterocycles. The third-order valence-electron chi connectivity index (χ3n) is 1.58. The Labute approximate surface area is 66.6 Å². The normalized spacial score (nSPS) is 24.3. The van der Waals surface area contributed by atoms with Crippen molar-refractivity contribution in [3.05, 3.63) is 12.2 Å². The molecule has 0 aliphatic heterocycles. The number of nitrogens with one attached hydrogen (secondary N) is 2. The van der Waals surface area contributed by atoms with E-state index in [4.69, 9.17) is 5.41 Å². The van der Waals surface area contributed by atoms with Crippen LogP contribution in [0.25, 0.3) is 0 Å². The third kappa shape index (κ3) is 2.43. The molecule has 0 spiro atoms. The minimum atomic E-state index is 0.261. The van der Waals surface area contributed by atoms with Gasteiger partial charge in [0.05, 0.1) is 0 Å². The van der Waals surface area contributed by atoms with E-state index < -0.39 is 0 Å². The van der Waals surface area contributed by atoms with Crippen molar-refractivity contribution >= 4 is 17.8 Å². The molecule has 0 fully saturated rings. The number of hydrogen-bond donors (Lipinski definition) is 3. The second-order valence-electron chi connectivity index (χ2n) is 2.46. The summed E-state index contributed by atoms with van der Waals surface area (Å²) in [6.45, 7) is 0. The summed E-state index contributed by atoms with van der Waals surface area (Å²) in [6, 6.07) is 0.346. The van der Waals surface area contributed by atoms with Crippen LogP contribution in [0.15, 0.2) is 12.2 Å². The van der Waals surface area contributed by atoms with Crippen LogP contribution in [0.3, 0.4) is 0 Å². The maximum Gasteiger partial charge on any atom is 0.151 e. The highest BCUT2D eigenvalue weighted by Crippen LogP contribution is 2.09. The largest absolute Gasteiger partial charge is 0.359 e. The summed E-state index contributed by atoms with van der Waals surface area (Å²) < 4.78 is 0. The third-order valence-corrected chi connectivity index (χ3v) is 1.71. The zero-order chi connectivity index (χ0) is 7.40. The Kier molecular flexibility index (Phi) is 2.81. The summed E-state index contributed by atoms with van der Waals surface area (Å²) in [5, 5.41) is 10.3. The molecule has 0 aromatic carbocycles. The molecule has 10 heavy (non-hydrogen) atoms. The van der Waals surface area contributed by atoms with E-state index in [0.29, 0.717) is 6.04 Å². The van der Waals surface area contributed by atoms with Gasteiger partial charge in [0.25, 0.3) is 0 Å². The average molecular weight is 156 g/mol. The van der Waals surface area contributed by atoms with Gasteiger partial charge in [-0.3, -0.25) is 5.41 Å². The first-order chi connectivity index (χ1) is 4.79. The fourth-order valence-corrected chi connectivity index (χ4v) is 1.27. The highest BCUT2D eigenvalue weighted by molar-refractivity contribution is 7.96. The Hall–Kier alpha value is -0.440. The van der Waals surface area contributed by atoms with E-state index >= 15 is 0 Å². The molecule has 1 atom stereocenters. The first kappa shape index (κ1) is 7.66. The number of allylic oxidation sites excluding steroid dienone is 1. The van der Waals surface area contributed by atoms with Crippen LogP contribution in [0.4, 0.5) is 0 Å². The summed E-state index contributed by atoms with van der Waals surface area (Å²) in [5.41, 5.74) is 0. The van der Waals surface area contributed by atoms with E-state index in [1.165, 1.54) is 12.8 Å². The quantitative estimate of drug-likeness (QED) is 0.229. The Morgan fingerprint density at radius 3 is 3.00 bits per heavy atom. The fraction of sp³-hybridized carbons (Fsp3) is 0.571. The molecular weight excluding hydrogens is 144 g/mol. The average Bonchev–Trinajstić information content (AvgIpc) is 1.88. The van der Waals surface area contributed by atoms with Crippen LogP contribution in [0.2, 0.25) is 0 Å². The molecule has 0 unspecified atom stereocenters. The van der Waals surface area contributed by atoms with Crippen molar-refractivity contribution < 1.29 is 0 Å². The van der Waals surface area contributed by atoms with Gasteiger partial charge in [-0.15, -0.1) is 12.6 Å². The van der Waals surface area contributed by atoms with E-state index in [1.807, 2.05) is 0 Å². The molecular formula is C7H12N2S. The maximum atomic E-state index is 7.05. The molecule has 2 nitrogen and oxygen atoms in total. The molecule has 1 aliphatic carbocycles. The Balaban J connectivity index is 2.33. The molecule has 3 heteroatoms. The summed E-state index contributed by atoms with van der Waals surface area (Å²) in [5.74, 6) is 0. The van der Waals surface area contributed by atoms with Crippen LogP contribution in [-0.4, -0.2) is 11.2 Å². The molecule has 0 saturated heterocycles. The van der Waals surface area contributed by atoms with Gasteiger partial charge in [-0.05, 0) is 19.3 Å². The van der Waals surface area contributed by atoms with Crippen molar-refractivity contribution in [2.24, 2.45) is 0 Å². The Morgan fingerprint density at radius 1 is 1.70 bits per heavy atom. The van der Waals surface area contributed by atoms with Crippen LogP contribution in [0.5, 0.6) is 0 Å². The summed E-state index contributed by atoms with van der Waals surface area (Å²) in [4.78, 5) is 0. The van der Waals surface area contributed by atoms with Crippen LogP contribution in [-0.2, 0) is 0 Å². The lowest BCUT2D eigenvalue weighted by Gasteiger charge is -2.17. The minimum absolute atomic E-state index is 0.261. The van der Waals surface area contributed by atoms with Gasteiger partial charge in [0, 0.05) is 6.04 Å². The predicted molar refractivity (Wildman–Crippen MR) is 46.6 cm³/mol.